The second-order valence-corrected chi connectivity index (χ2v) is 16.3. The first kappa shape index (κ1) is 26.6. The molecule has 2 aromatic rings. The van der Waals surface area contributed by atoms with Gasteiger partial charge in [-0.05, 0) is 66.2 Å². The van der Waals surface area contributed by atoms with E-state index in [2.05, 4.69) is 46.4 Å². The molecule has 1 fully saturated rings. The Kier molecular flexibility index (Phi) is 8.43. The lowest BCUT2D eigenvalue weighted by Crippen LogP contribution is -2.50. The SMILES string of the molecule is CC(C)[Si](Oc1ccc(C(=O)[C@@H](C)N2CCC(O)(c3ccccc3)CC2)cc1)(C(C)C)C(C)C. The van der Waals surface area contributed by atoms with Crippen molar-refractivity contribution >= 4 is 14.1 Å². The highest BCUT2D eigenvalue weighted by atomic mass is 28.4. The van der Waals surface area contributed by atoms with Crippen LogP contribution in [0.15, 0.2) is 54.6 Å². The highest BCUT2D eigenvalue weighted by Crippen LogP contribution is 2.42. The molecule has 0 radical (unpaired) electrons. The molecule has 34 heavy (non-hydrogen) atoms. The molecule has 0 bridgehead atoms. The van der Waals surface area contributed by atoms with E-state index in [9.17, 15) is 9.90 Å². The van der Waals surface area contributed by atoms with Gasteiger partial charge in [0.15, 0.2) is 5.78 Å². The molecule has 0 saturated carbocycles. The first-order valence-electron chi connectivity index (χ1n) is 12.9. The zero-order valence-electron chi connectivity index (χ0n) is 22.0. The molecule has 3 rings (SSSR count). The summed E-state index contributed by atoms with van der Waals surface area (Å²) in [6.45, 7) is 17.1. The lowest BCUT2D eigenvalue weighted by molar-refractivity contribution is -0.0318. The third kappa shape index (κ3) is 5.32. The minimum atomic E-state index is -2.02. The maximum atomic E-state index is 13.3. The number of likely N-dealkylation sites (tertiary alicyclic amines) is 1. The van der Waals surface area contributed by atoms with Crippen LogP contribution in [0, 0.1) is 0 Å². The molecule has 0 unspecified atom stereocenters. The number of rotatable bonds is 9. The second-order valence-electron chi connectivity index (χ2n) is 10.9. The van der Waals surface area contributed by atoms with Gasteiger partial charge in [-0.15, -0.1) is 0 Å². The Balaban J connectivity index is 1.66. The number of nitrogens with zero attached hydrogens (tertiary/aromatic N) is 1. The summed E-state index contributed by atoms with van der Waals surface area (Å²) >= 11 is 0. The Hall–Kier alpha value is -1.95. The van der Waals surface area contributed by atoms with Gasteiger partial charge < -0.3 is 9.53 Å². The average molecular weight is 482 g/mol. The van der Waals surface area contributed by atoms with Crippen molar-refractivity contribution in [3.8, 4) is 5.75 Å². The number of carbonyl (C=O) groups is 1. The van der Waals surface area contributed by atoms with Gasteiger partial charge in [0.25, 0.3) is 8.32 Å². The van der Waals surface area contributed by atoms with E-state index in [4.69, 9.17) is 4.43 Å². The molecule has 1 aliphatic heterocycles. The van der Waals surface area contributed by atoms with Crippen LogP contribution < -0.4 is 4.43 Å². The largest absolute Gasteiger partial charge is 0.543 e. The Morgan fingerprint density at radius 1 is 0.853 bits per heavy atom. The average Bonchev–Trinajstić information content (AvgIpc) is 2.82. The number of hydrogen-bond acceptors (Lipinski definition) is 4. The molecule has 1 atom stereocenters. The van der Waals surface area contributed by atoms with E-state index in [0.717, 1.165) is 16.9 Å². The van der Waals surface area contributed by atoms with Gasteiger partial charge >= 0.3 is 0 Å². The Morgan fingerprint density at radius 2 is 1.35 bits per heavy atom. The van der Waals surface area contributed by atoms with Crippen LogP contribution in [0.3, 0.4) is 0 Å². The van der Waals surface area contributed by atoms with Gasteiger partial charge in [-0.1, -0.05) is 71.9 Å². The standard InChI is InChI=1S/C29H43NO3Si/c1-21(2)34(22(3)4,23(5)6)33-27-15-13-25(14-16-27)28(31)24(7)30-19-17-29(32,18-20-30)26-11-9-8-10-12-26/h8-16,21-24,32H,17-20H2,1-7H3/t24-/m1/s1. The molecular weight excluding hydrogens is 438 g/mol. The van der Waals surface area contributed by atoms with Crippen LogP contribution in [0.5, 0.6) is 5.75 Å². The molecule has 1 N–H and O–H groups in total. The van der Waals surface area contributed by atoms with E-state index >= 15 is 0 Å². The van der Waals surface area contributed by atoms with Crippen molar-refractivity contribution in [2.45, 2.75) is 89.6 Å². The van der Waals surface area contributed by atoms with Crippen LogP contribution in [0.2, 0.25) is 16.6 Å². The molecule has 0 aliphatic carbocycles. The van der Waals surface area contributed by atoms with Gasteiger partial charge in [-0.25, -0.2) is 0 Å². The predicted molar refractivity (Wildman–Crippen MR) is 143 cm³/mol. The number of Topliss-reactive ketones (excluding diaryl/α,β-unsaturated/α-hetero) is 1. The van der Waals surface area contributed by atoms with Gasteiger partial charge in [0.1, 0.15) is 5.75 Å². The number of aliphatic hydroxyl groups is 1. The molecule has 1 saturated heterocycles. The van der Waals surface area contributed by atoms with Crippen LogP contribution >= 0.6 is 0 Å². The van der Waals surface area contributed by atoms with Crippen molar-refractivity contribution < 1.29 is 14.3 Å². The molecular formula is C29H43NO3Si. The summed E-state index contributed by atoms with van der Waals surface area (Å²) in [5.41, 5.74) is 2.38. The van der Waals surface area contributed by atoms with Crippen LogP contribution in [0.1, 0.15) is 77.2 Å². The van der Waals surface area contributed by atoms with Gasteiger partial charge in [0.2, 0.25) is 0 Å². The highest BCUT2D eigenvalue weighted by molar-refractivity contribution is 6.78. The second kappa shape index (κ2) is 10.8. The summed E-state index contributed by atoms with van der Waals surface area (Å²) in [5.74, 6) is 0.995. The van der Waals surface area contributed by atoms with Crippen LogP contribution in [-0.4, -0.2) is 43.2 Å². The van der Waals surface area contributed by atoms with Crippen molar-refractivity contribution in [3.05, 3.63) is 65.7 Å². The fraction of sp³-hybridized carbons (Fsp3) is 0.552. The van der Waals surface area contributed by atoms with Crippen LogP contribution in [-0.2, 0) is 5.60 Å². The number of ketones is 1. The normalized spacial score (nSPS) is 17.9. The maximum Gasteiger partial charge on any atom is 0.258 e. The Morgan fingerprint density at radius 3 is 1.82 bits per heavy atom. The molecule has 0 aromatic heterocycles. The van der Waals surface area contributed by atoms with E-state index in [1.165, 1.54) is 0 Å². The zero-order valence-corrected chi connectivity index (χ0v) is 23.0. The molecule has 4 nitrogen and oxygen atoms in total. The summed E-state index contributed by atoms with van der Waals surface area (Å²) in [4.78, 5) is 15.5. The predicted octanol–water partition coefficient (Wildman–Crippen LogP) is 6.80. The molecule has 2 aromatic carbocycles. The molecule has 1 heterocycles. The zero-order chi connectivity index (χ0) is 25.1. The monoisotopic (exact) mass is 481 g/mol. The van der Waals surface area contributed by atoms with Crippen molar-refractivity contribution in [1.29, 1.82) is 0 Å². The van der Waals surface area contributed by atoms with E-state index in [-0.39, 0.29) is 11.8 Å². The van der Waals surface area contributed by atoms with Crippen molar-refractivity contribution in [1.82, 2.24) is 4.90 Å². The summed E-state index contributed by atoms with van der Waals surface area (Å²) in [5, 5.41) is 11.1. The lowest BCUT2D eigenvalue weighted by Gasteiger charge is -2.42. The molecule has 186 valence electrons. The topological polar surface area (TPSA) is 49.8 Å². The molecule has 0 amide bonds. The lowest BCUT2D eigenvalue weighted by atomic mass is 9.84. The summed E-state index contributed by atoms with van der Waals surface area (Å²) < 4.78 is 6.75. The van der Waals surface area contributed by atoms with E-state index in [0.29, 0.717) is 42.6 Å². The smallest absolute Gasteiger partial charge is 0.258 e. The fourth-order valence-corrected chi connectivity index (χ4v) is 11.2. The number of benzene rings is 2. The van der Waals surface area contributed by atoms with Crippen molar-refractivity contribution in [2.75, 3.05) is 13.1 Å². The maximum absolute atomic E-state index is 13.3. The number of hydrogen-bond donors (Lipinski definition) is 1. The fourth-order valence-electron chi connectivity index (χ4n) is 5.97. The van der Waals surface area contributed by atoms with Gasteiger partial charge in [-0.2, -0.15) is 0 Å². The van der Waals surface area contributed by atoms with Gasteiger partial charge in [0.05, 0.1) is 11.6 Å². The summed E-state index contributed by atoms with van der Waals surface area (Å²) in [7, 11) is -2.02. The third-order valence-electron chi connectivity index (χ3n) is 8.00. The quantitative estimate of drug-likeness (QED) is 0.316. The van der Waals surface area contributed by atoms with Crippen molar-refractivity contribution in [2.24, 2.45) is 0 Å². The number of carbonyl (C=O) groups excluding carboxylic acids is 1. The van der Waals surface area contributed by atoms with Crippen LogP contribution in [0.25, 0.3) is 0 Å². The molecule has 1 aliphatic rings. The minimum absolute atomic E-state index is 0.122. The van der Waals surface area contributed by atoms with E-state index in [1.807, 2.05) is 61.5 Å². The summed E-state index contributed by atoms with van der Waals surface area (Å²) in [6, 6.07) is 17.4. The first-order chi connectivity index (χ1) is 16.0. The Labute approximate surface area is 207 Å². The van der Waals surface area contributed by atoms with Gasteiger partial charge in [-0.3, -0.25) is 9.69 Å². The first-order valence-corrected chi connectivity index (χ1v) is 15.0. The molecule has 5 heteroatoms. The third-order valence-corrected chi connectivity index (χ3v) is 14.0. The Bertz CT molecular complexity index is 910. The van der Waals surface area contributed by atoms with Crippen molar-refractivity contribution in [3.63, 3.8) is 0 Å². The van der Waals surface area contributed by atoms with Gasteiger partial charge in [0, 0.05) is 18.7 Å². The van der Waals surface area contributed by atoms with Crippen LogP contribution in [0.4, 0.5) is 0 Å². The summed E-state index contributed by atoms with van der Waals surface area (Å²) in [6.07, 6.45) is 1.27. The van der Waals surface area contributed by atoms with E-state index < -0.39 is 13.9 Å². The number of piperidine rings is 1. The highest BCUT2D eigenvalue weighted by Gasteiger charge is 2.47. The minimum Gasteiger partial charge on any atom is -0.543 e. The van der Waals surface area contributed by atoms with E-state index in [1.54, 1.807) is 0 Å². The molecule has 0 spiro atoms.